The average Bonchev–Trinajstić information content (AvgIpc) is 2.84. The summed E-state index contributed by atoms with van der Waals surface area (Å²) in [6, 6.07) is 4.57. The third-order valence-corrected chi connectivity index (χ3v) is 5.56. The third-order valence-electron chi connectivity index (χ3n) is 5.56. The van der Waals surface area contributed by atoms with Crippen molar-refractivity contribution in [2.45, 2.75) is 64.7 Å². The van der Waals surface area contributed by atoms with Crippen LogP contribution in [0.4, 0.5) is 0 Å². The number of fused-ring (bicyclic) bond motifs is 1. The van der Waals surface area contributed by atoms with Crippen molar-refractivity contribution in [1.82, 2.24) is 0 Å². The molecule has 2 nitrogen and oxygen atoms in total. The number of ether oxygens (including phenoxy) is 1. The minimum Gasteiger partial charge on any atom is -0.492 e. The highest BCUT2D eigenvalue weighted by molar-refractivity contribution is 5.68. The Morgan fingerprint density at radius 3 is 2.70 bits per heavy atom. The molecule has 1 N–H and O–H groups in total. The molecule has 2 heteroatoms. The van der Waals surface area contributed by atoms with Crippen LogP contribution < -0.4 is 4.74 Å². The average molecular weight is 314 g/mol. The highest BCUT2D eigenvalue weighted by atomic mass is 16.5. The van der Waals surface area contributed by atoms with Gasteiger partial charge in [-0.25, -0.2) is 0 Å². The van der Waals surface area contributed by atoms with Crippen LogP contribution in [0.2, 0.25) is 0 Å². The zero-order chi connectivity index (χ0) is 16.4. The van der Waals surface area contributed by atoms with Crippen molar-refractivity contribution >= 4 is 5.57 Å². The lowest BCUT2D eigenvalue weighted by Gasteiger charge is -2.23. The molecule has 1 aromatic carbocycles. The van der Waals surface area contributed by atoms with Crippen molar-refractivity contribution in [2.75, 3.05) is 13.2 Å². The van der Waals surface area contributed by atoms with E-state index in [-0.39, 0.29) is 12.0 Å². The number of allylic oxidation sites excluding steroid dienone is 1. The molecule has 1 aromatic rings. The van der Waals surface area contributed by atoms with E-state index in [1.165, 1.54) is 48.8 Å². The van der Waals surface area contributed by atoms with E-state index in [1.807, 2.05) is 6.08 Å². The maximum Gasteiger partial charge on any atom is 0.126 e. The highest BCUT2D eigenvalue weighted by Gasteiger charge is 2.34. The molecule has 2 aliphatic rings. The molecule has 23 heavy (non-hydrogen) atoms. The van der Waals surface area contributed by atoms with Crippen LogP contribution in [0.1, 0.15) is 69.6 Å². The van der Waals surface area contributed by atoms with Crippen molar-refractivity contribution in [3.63, 3.8) is 0 Å². The molecule has 0 amide bonds. The molecule has 0 spiro atoms. The van der Waals surface area contributed by atoms with Gasteiger partial charge >= 0.3 is 0 Å². The van der Waals surface area contributed by atoms with Gasteiger partial charge in [-0.2, -0.15) is 0 Å². The molecule has 0 saturated heterocycles. The van der Waals surface area contributed by atoms with Crippen LogP contribution in [-0.2, 0) is 11.8 Å². The molecule has 0 radical (unpaired) electrons. The van der Waals surface area contributed by atoms with Gasteiger partial charge < -0.3 is 9.84 Å². The van der Waals surface area contributed by atoms with E-state index in [4.69, 9.17) is 4.74 Å². The Morgan fingerprint density at radius 1 is 1.26 bits per heavy atom. The van der Waals surface area contributed by atoms with Crippen molar-refractivity contribution in [1.29, 1.82) is 0 Å². The van der Waals surface area contributed by atoms with Gasteiger partial charge in [0.1, 0.15) is 5.75 Å². The third kappa shape index (κ3) is 3.47. The smallest absolute Gasteiger partial charge is 0.126 e. The molecule has 1 aliphatic heterocycles. The van der Waals surface area contributed by atoms with Crippen molar-refractivity contribution in [3.8, 4) is 5.75 Å². The van der Waals surface area contributed by atoms with E-state index in [1.54, 1.807) is 0 Å². The van der Waals surface area contributed by atoms with Gasteiger partial charge in [-0.05, 0) is 48.1 Å². The first-order valence-corrected chi connectivity index (χ1v) is 9.09. The molecule has 0 unspecified atom stereocenters. The molecule has 1 saturated carbocycles. The summed E-state index contributed by atoms with van der Waals surface area (Å²) in [5.41, 5.74) is 5.18. The molecule has 0 bridgehead atoms. The van der Waals surface area contributed by atoms with Gasteiger partial charge in [0, 0.05) is 11.0 Å². The van der Waals surface area contributed by atoms with E-state index in [9.17, 15) is 5.11 Å². The van der Waals surface area contributed by atoms with E-state index >= 15 is 0 Å². The molecule has 126 valence electrons. The summed E-state index contributed by atoms with van der Waals surface area (Å²) in [4.78, 5) is 0. The first-order valence-electron chi connectivity index (χ1n) is 9.09. The Bertz CT molecular complexity index is 592. The van der Waals surface area contributed by atoms with Crippen LogP contribution in [0.15, 0.2) is 18.2 Å². The van der Waals surface area contributed by atoms with E-state index in [2.05, 4.69) is 32.9 Å². The fourth-order valence-corrected chi connectivity index (χ4v) is 4.03. The molecular weight excluding hydrogens is 284 g/mol. The Kier molecular flexibility index (Phi) is 4.82. The Morgan fingerprint density at radius 2 is 2.00 bits per heavy atom. The van der Waals surface area contributed by atoms with Gasteiger partial charge in [0.15, 0.2) is 0 Å². The van der Waals surface area contributed by atoms with Crippen LogP contribution in [0.3, 0.4) is 0 Å². The lowest BCUT2D eigenvalue weighted by molar-refractivity contribution is 0.286. The van der Waals surface area contributed by atoms with Gasteiger partial charge in [0.05, 0.1) is 13.2 Å². The van der Waals surface area contributed by atoms with Crippen molar-refractivity contribution in [3.05, 3.63) is 34.9 Å². The van der Waals surface area contributed by atoms with Crippen LogP contribution in [0.25, 0.3) is 5.57 Å². The first-order chi connectivity index (χ1) is 11.0. The van der Waals surface area contributed by atoms with Gasteiger partial charge in [-0.15, -0.1) is 0 Å². The largest absolute Gasteiger partial charge is 0.492 e. The van der Waals surface area contributed by atoms with Crippen molar-refractivity contribution < 1.29 is 9.84 Å². The monoisotopic (exact) mass is 314 g/mol. The molecular formula is C21H30O2. The van der Waals surface area contributed by atoms with Crippen LogP contribution in [-0.4, -0.2) is 18.3 Å². The predicted molar refractivity (Wildman–Crippen MR) is 96.0 cm³/mol. The Hall–Kier alpha value is -1.28. The normalized spacial score (nSPS) is 21.1. The summed E-state index contributed by atoms with van der Waals surface area (Å²) in [6.07, 6.45) is 9.90. The number of hydrogen-bond donors (Lipinski definition) is 1. The first kappa shape index (κ1) is 16.6. The zero-order valence-corrected chi connectivity index (χ0v) is 14.8. The number of benzene rings is 1. The number of aliphatic hydroxyl groups excluding tert-OH is 1. The van der Waals surface area contributed by atoms with E-state index < -0.39 is 0 Å². The topological polar surface area (TPSA) is 29.5 Å². The molecule has 3 rings (SSSR count). The summed E-state index contributed by atoms with van der Waals surface area (Å²) < 4.78 is 6.11. The Balaban J connectivity index is 1.98. The molecule has 1 aliphatic carbocycles. The lowest BCUT2D eigenvalue weighted by atomic mass is 9.80. The van der Waals surface area contributed by atoms with Crippen LogP contribution in [0, 0.1) is 5.92 Å². The second-order valence-electron chi connectivity index (χ2n) is 7.96. The van der Waals surface area contributed by atoms with E-state index in [0.717, 1.165) is 30.3 Å². The highest BCUT2D eigenvalue weighted by Crippen LogP contribution is 2.44. The summed E-state index contributed by atoms with van der Waals surface area (Å²) in [5, 5.41) is 9.22. The number of rotatable bonds is 4. The standard InChI is InChI=1S/C21H30O2/c1-15(9-10-22)17-12-18(11-16-7-5-4-6-8-16)20-19(13-17)21(2,3)14-23-20/h9,12-13,16,22H,4-8,10-11,14H2,1-3H3/b15-9-. The second-order valence-corrected chi connectivity index (χ2v) is 7.96. The summed E-state index contributed by atoms with van der Waals surface area (Å²) in [6.45, 7) is 7.48. The van der Waals surface area contributed by atoms with Gasteiger partial charge in [0.25, 0.3) is 0 Å². The molecule has 1 heterocycles. The Labute approximate surface area is 140 Å². The SMILES string of the molecule is C/C(=C/CO)c1cc(CC2CCCCC2)c2c(c1)C(C)(C)CO2. The molecule has 0 aromatic heterocycles. The quantitative estimate of drug-likeness (QED) is 0.858. The minimum absolute atomic E-state index is 0.0755. The fourth-order valence-electron chi connectivity index (χ4n) is 4.03. The summed E-state index contributed by atoms with van der Waals surface area (Å²) in [5.74, 6) is 1.94. The lowest BCUT2D eigenvalue weighted by Crippen LogP contribution is -2.18. The van der Waals surface area contributed by atoms with Gasteiger partial charge in [-0.3, -0.25) is 0 Å². The summed E-state index contributed by atoms with van der Waals surface area (Å²) >= 11 is 0. The number of aliphatic hydroxyl groups is 1. The van der Waals surface area contributed by atoms with Crippen LogP contribution >= 0.6 is 0 Å². The van der Waals surface area contributed by atoms with Crippen LogP contribution in [0.5, 0.6) is 5.75 Å². The van der Waals surface area contributed by atoms with E-state index in [0.29, 0.717) is 0 Å². The number of hydrogen-bond acceptors (Lipinski definition) is 2. The zero-order valence-electron chi connectivity index (χ0n) is 14.8. The minimum atomic E-state index is 0.0755. The maximum atomic E-state index is 9.22. The van der Waals surface area contributed by atoms with Crippen molar-refractivity contribution in [2.24, 2.45) is 5.92 Å². The predicted octanol–water partition coefficient (Wildman–Crippen LogP) is 4.88. The maximum absolute atomic E-state index is 9.22. The molecule has 0 atom stereocenters. The van der Waals surface area contributed by atoms with Gasteiger partial charge in [-0.1, -0.05) is 52.0 Å². The fraction of sp³-hybridized carbons (Fsp3) is 0.619. The molecule has 1 fully saturated rings. The second kappa shape index (κ2) is 6.68. The summed E-state index contributed by atoms with van der Waals surface area (Å²) in [7, 11) is 0. The van der Waals surface area contributed by atoms with Gasteiger partial charge in [0.2, 0.25) is 0 Å².